The predicted octanol–water partition coefficient (Wildman–Crippen LogP) is 22.7. The molecule has 34 heteroatoms. The van der Waals surface area contributed by atoms with E-state index in [1.54, 1.807) is 102 Å². The molecular weight excluding hydrogens is 1770 g/mol. The number of para-hydroxylation sites is 1. The summed E-state index contributed by atoms with van der Waals surface area (Å²) in [5.41, 5.74) is 2.09. The highest BCUT2D eigenvalue weighted by molar-refractivity contribution is 6.31. The average Bonchev–Trinajstić information content (AvgIpc) is 0.804. The maximum Gasteiger partial charge on any atom is 0.416 e. The van der Waals surface area contributed by atoms with Gasteiger partial charge in [0, 0.05) is 111 Å². The zero-order chi connectivity index (χ0) is 99.2. The van der Waals surface area contributed by atoms with Gasteiger partial charge in [-0.05, 0) is 198 Å². The van der Waals surface area contributed by atoms with Gasteiger partial charge in [-0.15, -0.1) is 11.6 Å². The smallest absolute Gasteiger partial charge is 0.416 e. The number of nitro groups is 1. The van der Waals surface area contributed by atoms with Crippen LogP contribution >= 0.6 is 11.6 Å². The van der Waals surface area contributed by atoms with Gasteiger partial charge in [0.2, 0.25) is 5.82 Å². The van der Waals surface area contributed by atoms with Crippen LogP contribution < -0.4 is 4.74 Å². The largest absolute Gasteiger partial charge is 0.496 e. The Morgan fingerprint density at radius 2 is 0.802 bits per heavy atom. The number of ether oxygens (including phenoxy) is 1. The van der Waals surface area contributed by atoms with Crippen molar-refractivity contribution in [2.24, 2.45) is 0 Å². The number of ketones is 10. The first kappa shape index (κ1) is 113. The Kier molecular flexibility index (Phi) is 48.7. The Bertz CT molecular complexity index is 5600. The molecule has 11 aromatic rings. The Hall–Kier alpha value is -13.9. The van der Waals surface area contributed by atoms with E-state index < -0.39 is 116 Å². The van der Waals surface area contributed by atoms with E-state index in [0.717, 1.165) is 71.6 Å². The van der Waals surface area contributed by atoms with Gasteiger partial charge in [0.15, 0.2) is 29.1 Å². The second-order valence-corrected chi connectivity index (χ2v) is 29.0. The molecule has 1 unspecified atom stereocenters. The fourth-order valence-electron chi connectivity index (χ4n) is 10.9. The number of nitro benzene ring substituents is 1. The van der Waals surface area contributed by atoms with Crippen LogP contribution in [0.2, 0.25) is 0 Å². The molecule has 0 N–H and O–H groups in total. The normalized spacial score (nSPS) is 10.6. The number of nitriles is 1. The number of methoxy groups -OCH3 is 1. The monoisotopic (exact) mass is 1860 g/mol. The molecule has 0 aliphatic heterocycles. The summed E-state index contributed by atoms with van der Waals surface area (Å²) < 4.78 is 205. The lowest BCUT2D eigenvalue weighted by atomic mass is 10.0. The molecule has 131 heavy (non-hydrogen) atoms. The molecule has 17 nitrogen and oxygen atoms in total. The zero-order valence-electron chi connectivity index (χ0n) is 72.3. The van der Waals surface area contributed by atoms with Gasteiger partial charge in [-0.25, -0.2) is 30.7 Å². The molecule has 0 radical (unpaired) electrons. The van der Waals surface area contributed by atoms with Gasteiger partial charge in [0.1, 0.15) is 74.8 Å². The fraction of sp³-hybridized carbons (Fsp3) is 0.247. The van der Waals surface area contributed by atoms with E-state index in [4.69, 9.17) is 21.6 Å². The molecule has 0 aliphatic carbocycles. The minimum atomic E-state index is -4.88. The Labute approximate surface area is 749 Å². The number of Topliss-reactive ketones (excluding diaryl/α,β-unsaturated/α-hetero) is 10. The number of pyridine rings is 2. The molecule has 0 amide bonds. The van der Waals surface area contributed by atoms with Crippen LogP contribution in [0.1, 0.15) is 153 Å². The van der Waals surface area contributed by atoms with Gasteiger partial charge < -0.3 is 4.74 Å². The van der Waals surface area contributed by atoms with Gasteiger partial charge in [-0.3, -0.25) is 68.0 Å². The number of non-ortho nitro benzene ring substituents is 1. The van der Waals surface area contributed by atoms with Crippen LogP contribution in [0.25, 0.3) is 10.8 Å². The number of hydrogen-bond acceptors (Lipinski definition) is 16. The standard InChI is InChI=1S/C13H12O.C11H8F6O.C10H11ClO2.C10H9F3O.C10H9NO.C9H5F5O.C9H8F2O.C9H9NO3.2C8H9NO/c1-10(14)9-12-7-4-6-11-5-2-3-8-13(11)12;1-6(18)2-7-3-8(10(12,13)14)5-9(4-7)11(15,16)17;1-7(12)10(11)8-5-3-4-6-9(8)13-2;1-7(14)6-8-2-4-9(5-3-8)10(11,12)13;1-8(12)6-9-2-4-10(7-11)5-3-9;1-3(15)2-4-5(10)7(12)9(14)8(13)6(4)11;1-6(12)4-7-2-3-8(10)5-9(7)11;1-7(11)6-8-2-4-9(5-3-8)10(12)13;1-7(10)6-8-2-4-9-5-3-8;1-7(10)6-8-4-2-3-5-9-8/h2-8H,9H2,1H3;3-5H,2H2,1H3;3-6,10H,1-2H3;2-5H,6H2,1H3;2-5H,6H2,1H3;2H2,1H3;2-3,5H,4H2,1H3;2-5H,6H2,1H3;2*2-5H,6H2,1H3. The summed E-state index contributed by atoms with van der Waals surface area (Å²) in [7, 11) is 1.56. The molecule has 0 bridgehead atoms. The average molecular weight is 1860 g/mol. The molecule has 2 aromatic heterocycles. The molecule has 0 saturated heterocycles. The summed E-state index contributed by atoms with van der Waals surface area (Å²) in [5.74, 6) is -11.6. The topological polar surface area (TPSA) is 273 Å². The highest BCUT2D eigenvalue weighted by Crippen LogP contribution is 2.37. The lowest BCUT2D eigenvalue weighted by Crippen LogP contribution is -2.12. The van der Waals surface area contributed by atoms with Gasteiger partial charge in [-0.1, -0.05) is 109 Å². The van der Waals surface area contributed by atoms with E-state index in [9.17, 15) is 128 Å². The van der Waals surface area contributed by atoms with Crippen molar-refractivity contribution in [3.63, 3.8) is 0 Å². The first-order valence-corrected chi connectivity index (χ1v) is 39.2. The van der Waals surface area contributed by atoms with Crippen molar-refractivity contribution in [1.82, 2.24) is 9.97 Å². The first-order valence-electron chi connectivity index (χ1n) is 38.8. The van der Waals surface area contributed by atoms with Crippen molar-refractivity contribution < 1.29 is 128 Å². The number of benzene rings is 9. The van der Waals surface area contributed by atoms with E-state index in [1.165, 1.54) is 68.8 Å². The van der Waals surface area contributed by atoms with Gasteiger partial charge in [0.05, 0.1) is 40.4 Å². The van der Waals surface area contributed by atoms with Crippen molar-refractivity contribution in [3.8, 4) is 11.8 Å². The van der Waals surface area contributed by atoms with E-state index >= 15 is 0 Å². The van der Waals surface area contributed by atoms with Crippen molar-refractivity contribution >= 4 is 85.9 Å². The Morgan fingerprint density at radius 3 is 1.21 bits per heavy atom. The second-order valence-electron chi connectivity index (χ2n) is 28.6. The lowest BCUT2D eigenvalue weighted by Gasteiger charge is -2.13. The number of rotatable bonds is 22. The lowest BCUT2D eigenvalue weighted by molar-refractivity contribution is -0.384. The number of carbonyl (C=O) groups excluding carboxylic acids is 10. The molecule has 0 saturated carbocycles. The summed E-state index contributed by atoms with van der Waals surface area (Å²) in [5, 5.41) is 20.5. The van der Waals surface area contributed by atoms with Crippen LogP contribution in [0.15, 0.2) is 225 Å². The van der Waals surface area contributed by atoms with Crippen LogP contribution in [0.5, 0.6) is 5.75 Å². The number of alkyl halides is 10. The summed E-state index contributed by atoms with van der Waals surface area (Å²) in [4.78, 5) is 125. The molecule has 694 valence electrons. The molecule has 9 aromatic carbocycles. The van der Waals surface area contributed by atoms with Crippen LogP contribution in [0.4, 0.5) is 75.9 Å². The van der Waals surface area contributed by atoms with E-state index in [0.29, 0.717) is 61.1 Å². The minimum absolute atomic E-state index is 0.0200. The molecule has 0 fully saturated rings. The number of aromatic nitrogens is 2. The van der Waals surface area contributed by atoms with Crippen LogP contribution in [0.3, 0.4) is 0 Å². The predicted molar refractivity (Wildman–Crippen MR) is 459 cm³/mol. The summed E-state index contributed by atoms with van der Waals surface area (Å²) >= 11 is 5.90. The number of hydrogen-bond donors (Lipinski definition) is 0. The number of fused-ring (bicyclic) bond motifs is 1. The summed E-state index contributed by atoms with van der Waals surface area (Å²) in [6, 6.07) is 54.8. The van der Waals surface area contributed by atoms with E-state index in [-0.39, 0.29) is 82.0 Å². The van der Waals surface area contributed by atoms with Crippen LogP contribution in [-0.4, -0.2) is 79.8 Å². The molecule has 0 aliphatic rings. The SMILES string of the molecule is CC(=O)Cc1c(F)c(F)c(F)c(F)c1F.CC(=O)Cc1cc(C(F)(F)F)cc(C(F)(F)F)c1.CC(=O)Cc1ccc(C#N)cc1.CC(=O)Cc1ccc(C(F)(F)F)cc1.CC(=O)Cc1ccc(F)cc1F.CC(=O)Cc1ccc([N+](=O)[O-])cc1.CC(=O)Cc1cccc2ccccc12.CC(=O)Cc1ccccn1.CC(=O)Cc1ccncc1.COc1ccccc1C(Cl)C(C)=O. The fourth-order valence-corrected chi connectivity index (χ4v) is 11.0. The van der Waals surface area contributed by atoms with Gasteiger partial charge >= 0.3 is 18.5 Å². The third-order valence-corrected chi connectivity index (χ3v) is 17.1. The molecule has 2 heterocycles. The quantitative estimate of drug-likeness (QED) is 0.0152. The van der Waals surface area contributed by atoms with Crippen molar-refractivity contribution in [3.05, 3.63) is 354 Å². The summed E-state index contributed by atoms with van der Waals surface area (Å²) in [6.07, 6.45) is -7.82. The number of nitrogens with zero attached hydrogens (tertiary/aromatic N) is 4. The van der Waals surface area contributed by atoms with Crippen LogP contribution in [-0.2, 0) is 124 Å². The van der Waals surface area contributed by atoms with Crippen molar-refractivity contribution in [2.75, 3.05) is 7.11 Å². The third-order valence-electron chi connectivity index (χ3n) is 16.6. The first-order chi connectivity index (χ1) is 61.2. The summed E-state index contributed by atoms with van der Waals surface area (Å²) in [6.45, 7) is 14.1. The molecular formula is C97H89ClF16N4O13. The number of halogens is 17. The van der Waals surface area contributed by atoms with Crippen LogP contribution in [0, 0.1) is 62.2 Å². The third kappa shape index (κ3) is 45.1. The maximum atomic E-state index is 12.9. The zero-order valence-corrected chi connectivity index (χ0v) is 73.1. The Balaban J connectivity index is 0.000000494. The highest BCUT2D eigenvalue weighted by atomic mass is 35.5. The van der Waals surface area contributed by atoms with E-state index in [2.05, 4.69) is 28.2 Å². The Morgan fingerprint density at radius 1 is 0.405 bits per heavy atom. The molecule has 1 atom stereocenters. The second kappa shape index (κ2) is 56.4. The van der Waals surface area contributed by atoms with Gasteiger partial charge in [-0.2, -0.15) is 44.8 Å². The van der Waals surface area contributed by atoms with E-state index in [1.807, 2.05) is 72.8 Å². The van der Waals surface area contributed by atoms with Gasteiger partial charge in [0.25, 0.3) is 5.69 Å². The molecule has 11 rings (SSSR count). The highest BCUT2D eigenvalue weighted by Gasteiger charge is 2.37. The maximum absolute atomic E-state index is 12.9. The number of carbonyl (C=O) groups is 10. The van der Waals surface area contributed by atoms with Crippen molar-refractivity contribution in [1.29, 1.82) is 5.26 Å². The van der Waals surface area contributed by atoms with Crippen molar-refractivity contribution in [2.45, 2.75) is 151 Å². The minimum Gasteiger partial charge on any atom is -0.496 e. The molecule has 0 spiro atoms.